The number of para-hydroxylation sites is 1. The van der Waals surface area contributed by atoms with E-state index in [0.717, 1.165) is 0 Å². The lowest BCUT2D eigenvalue weighted by Crippen LogP contribution is -2.20. The average molecular weight is 368 g/mol. The smallest absolute Gasteiger partial charge is 0.351 e. The molecule has 0 fully saturated rings. The minimum Gasteiger partial charge on any atom is -0.497 e. The Kier molecular flexibility index (Phi) is 5.21. The van der Waals surface area contributed by atoms with E-state index in [0.29, 0.717) is 22.4 Å². The van der Waals surface area contributed by atoms with Crippen molar-refractivity contribution in [1.82, 2.24) is 0 Å². The van der Waals surface area contributed by atoms with E-state index < -0.39 is 24.0 Å². The van der Waals surface area contributed by atoms with Gasteiger partial charge in [0.15, 0.2) is 23.7 Å². The zero-order valence-electron chi connectivity index (χ0n) is 14.7. The van der Waals surface area contributed by atoms with Gasteiger partial charge in [0.05, 0.1) is 14.2 Å². The summed E-state index contributed by atoms with van der Waals surface area (Å²) in [6, 6.07) is 12.8. The molecule has 0 aliphatic rings. The first kappa shape index (κ1) is 18.2. The quantitative estimate of drug-likeness (QED) is 0.375. The highest BCUT2D eigenvalue weighted by atomic mass is 16.5. The first-order valence-corrected chi connectivity index (χ1v) is 7.98. The lowest BCUT2D eigenvalue weighted by molar-refractivity contribution is 0.0470. The summed E-state index contributed by atoms with van der Waals surface area (Å²) in [5, 5.41) is 0.500. The van der Waals surface area contributed by atoms with Gasteiger partial charge in [-0.15, -0.1) is 0 Å². The van der Waals surface area contributed by atoms with Crippen LogP contribution in [0.25, 0.3) is 11.0 Å². The molecule has 0 unspecified atom stereocenters. The van der Waals surface area contributed by atoms with E-state index in [1.807, 2.05) is 0 Å². The van der Waals surface area contributed by atoms with Gasteiger partial charge in [-0.25, -0.2) is 9.59 Å². The van der Waals surface area contributed by atoms with Crippen molar-refractivity contribution in [2.45, 2.75) is 0 Å². The summed E-state index contributed by atoms with van der Waals surface area (Å²) >= 11 is 0. The Hall–Kier alpha value is -3.61. The van der Waals surface area contributed by atoms with Gasteiger partial charge in [0.25, 0.3) is 0 Å². The van der Waals surface area contributed by atoms with Gasteiger partial charge in [0.2, 0.25) is 0 Å². The van der Waals surface area contributed by atoms with Gasteiger partial charge in [-0.2, -0.15) is 0 Å². The maximum absolute atomic E-state index is 12.2. The first-order valence-electron chi connectivity index (χ1n) is 7.98. The number of methoxy groups -OCH3 is 2. The SMILES string of the molecule is COc1cccc(C(=O)COC(=O)c2cc3cccc(OC)c3oc2=O)c1. The van der Waals surface area contributed by atoms with E-state index in [-0.39, 0.29) is 11.1 Å². The van der Waals surface area contributed by atoms with Crippen molar-refractivity contribution < 1.29 is 28.2 Å². The third-order valence-corrected chi connectivity index (χ3v) is 3.89. The number of esters is 1. The number of Topliss-reactive ketones (excluding diaryl/α,β-unsaturated/α-hetero) is 1. The highest BCUT2D eigenvalue weighted by Crippen LogP contribution is 2.24. The van der Waals surface area contributed by atoms with Gasteiger partial charge in [-0.05, 0) is 24.3 Å². The number of ketones is 1. The zero-order valence-corrected chi connectivity index (χ0v) is 14.7. The number of benzene rings is 2. The van der Waals surface area contributed by atoms with Crippen molar-refractivity contribution in [3.63, 3.8) is 0 Å². The summed E-state index contributed by atoms with van der Waals surface area (Å²) in [5.74, 6) is -0.479. The molecule has 3 aromatic rings. The van der Waals surface area contributed by atoms with E-state index in [9.17, 15) is 14.4 Å². The van der Waals surface area contributed by atoms with E-state index in [4.69, 9.17) is 18.6 Å². The summed E-state index contributed by atoms with van der Waals surface area (Å²) in [5.41, 5.74) is -0.605. The van der Waals surface area contributed by atoms with Crippen LogP contribution in [0.4, 0.5) is 0 Å². The van der Waals surface area contributed by atoms with Crippen LogP contribution in [-0.4, -0.2) is 32.6 Å². The molecular weight excluding hydrogens is 352 g/mol. The zero-order chi connectivity index (χ0) is 19.4. The molecule has 0 aliphatic carbocycles. The van der Waals surface area contributed by atoms with Crippen LogP contribution < -0.4 is 15.1 Å². The molecule has 0 saturated heterocycles. The second kappa shape index (κ2) is 7.74. The molecule has 0 amide bonds. The second-order valence-corrected chi connectivity index (χ2v) is 5.56. The Morgan fingerprint density at radius 3 is 2.52 bits per heavy atom. The van der Waals surface area contributed by atoms with Crippen LogP contribution in [-0.2, 0) is 4.74 Å². The number of carbonyl (C=O) groups is 2. The fourth-order valence-corrected chi connectivity index (χ4v) is 2.51. The molecule has 27 heavy (non-hydrogen) atoms. The molecule has 0 spiro atoms. The predicted molar refractivity (Wildman–Crippen MR) is 96.6 cm³/mol. The van der Waals surface area contributed by atoms with Gasteiger partial charge in [-0.1, -0.05) is 24.3 Å². The van der Waals surface area contributed by atoms with Crippen molar-refractivity contribution in [2.75, 3.05) is 20.8 Å². The second-order valence-electron chi connectivity index (χ2n) is 5.56. The summed E-state index contributed by atoms with van der Waals surface area (Å²) in [4.78, 5) is 36.5. The topological polar surface area (TPSA) is 92.0 Å². The summed E-state index contributed by atoms with van der Waals surface area (Å²) in [6.07, 6.45) is 0. The number of rotatable bonds is 6. The molecule has 2 aromatic carbocycles. The lowest BCUT2D eigenvalue weighted by Gasteiger charge is -2.07. The summed E-state index contributed by atoms with van der Waals surface area (Å²) < 4.78 is 20.3. The van der Waals surface area contributed by atoms with Crippen LogP contribution in [0.1, 0.15) is 20.7 Å². The van der Waals surface area contributed by atoms with Crippen molar-refractivity contribution >= 4 is 22.7 Å². The lowest BCUT2D eigenvalue weighted by atomic mass is 10.1. The van der Waals surface area contributed by atoms with Gasteiger partial charge in [0, 0.05) is 10.9 Å². The van der Waals surface area contributed by atoms with E-state index in [1.165, 1.54) is 26.4 Å². The maximum Gasteiger partial charge on any atom is 0.351 e. The van der Waals surface area contributed by atoms with Gasteiger partial charge in [-0.3, -0.25) is 4.79 Å². The van der Waals surface area contributed by atoms with Crippen molar-refractivity contribution in [2.24, 2.45) is 0 Å². The summed E-state index contributed by atoms with van der Waals surface area (Å²) in [7, 11) is 2.93. The molecule has 1 heterocycles. The molecule has 0 saturated carbocycles. The van der Waals surface area contributed by atoms with Crippen molar-refractivity contribution in [3.8, 4) is 11.5 Å². The third kappa shape index (κ3) is 3.82. The molecule has 3 rings (SSSR count). The normalized spacial score (nSPS) is 10.4. The number of fused-ring (bicyclic) bond motifs is 1. The maximum atomic E-state index is 12.2. The number of ether oxygens (including phenoxy) is 3. The molecule has 0 radical (unpaired) electrons. The van der Waals surface area contributed by atoms with Crippen molar-refractivity contribution in [1.29, 1.82) is 0 Å². The largest absolute Gasteiger partial charge is 0.497 e. The molecule has 0 aliphatic heterocycles. The Balaban J connectivity index is 1.79. The Labute approximate surface area is 154 Å². The average Bonchev–Trinajstić information content (AvgIpc) is 2.70. The fraction of sp³-hybridized carbons (Fsp3) is 0.150. The minimum atomic E-state index is -0.940. The van der Waals surface area contributed by atoms with Crippen LogP contribution in [0, 0.1) is 0 Å². The van der Waals surface area contributed by atoms with Crippen LogP contribution in [0.2, 0.25) is 0 Å². The monoisotopic (exact) mass is 368 g/mol. The molecule has 0 bridgehead atoms. The Morgan fingerprint density at radius 2 is 1.78 bits per heavy atom. The predicted octanol–water partition coefficient (Wildman–Crippen LogP) is 2.85. The first-order chi connectivity index (χ1) is 13.0. The van der Waals surface area contributed by atoms with Crippen LogP contribution in [0.3, 0.4) is 0 Å². The molecular formula is C20H16O7. The highest BCUT2D eigenvalue weighted by Gasteiger charge is 2.18. The third-order valence-electron chi connectivity index (χ3n) is 3.89. The Bertz CT molecular complexity index is 1070. The number of hydrogen-bond donors (Lipinski definition) is 0. The molecule has 7 nitrogen and oxygen atoms in total. The van der Waals surface area contributed by atoms with E-state index in [2.05, 4.69) is 0 Å². The molecule has 0 N–H and O–H groups in total. The standard InChI is InChI=1S/C20H16O7/c1-24-14-7-3-5-12(9-14)16(21)11-26-19(22)15-10-13-6-4-8-17(25-2)18(13)27-20(15)23/h3-10H,11H2,1-2H3. The van der Waals surface area contributed by atoms with Gasteiger partial charge >= 0.3 is 11.6 Å². The fourth-order valence-electron chi connectivity index (χ4n) is 2.51. The van der Waals surface area contributed by atoms with E-state index >= 15 is 0 Å². The molecule has 138 valence electrons. The van der Waals surface area contributed by atoms with Gasteiger partial charge < -0.3 is 18.6 Å². The molecule has 1 aromatic heterocycles. The molecule has 7 heteroatoms. The Morgan fingerprint density at radius 1 is 1.00 bits per heavy atom. The number of carbonyl (C=O) groups excluding carboxylic acids is 2. The highest BCUT2D eigenvalue weighted by molar-refractivity contribution is 6.00. The van der Waals surface area contributed by atoms with Crippen molar-refractivity contribution in [3.05, 3.63) is 70.1 Å². The summed E-state index contributed by atoms with van der Waals surface area (Å²) in [6.45, 7) is -0.512. The molecule has 0 atom stereocenters. The van der Waals surface area contributed by atoms with Gasteiger partial charge in [0.1, 0.15) is 11.3 Å². The van der Waals surface area contributed by atoms with Crippen LogP contribution in [0.15, 0.2) is 57.7 Å². The minimum absolute atomic E-state index is 0.231. The van der Waals surface area contributed by atoms with E-state index in [1.54, 1.807) is 36.4 Å². The van der Waals surface area contributed by atoms with Crippen LogP contribution >= 0.6 is 0 Å². The number of hydrogen-bond acceptors (Lipinski definition) is 7. The van der Waals surface area contributed by atoms with Crippen LogP contribution in [0.5, 0.6) is 11.5 Å².